The van der Waals surface area contributed by atoms with Crippen LogP contribution >= 0.6 is 11.3 Å². The van der Waals surface area contributed by atoms with Gasteiger partial charge in [0, 0.05) is 12.1 Å². The second-order valence-corrected chi connectivity index (χ2v) is 6.05. The average Bonchev–Trinajstić information content (AvgIpc) is 3.24. The number of carbonyl (C=O) groups is 1. The van der Waals surface area contributed by atoms with Crippen molar-refractivity contribution in [2.75, 3.05) is 6.54 Å². The lowest BCUT2D eigenvalue weighted by molar-refractivity contribution is 0.0946. The van der Waals surface area contributed by atoms with Gasteiger partial charge in [0.1, 0.15) is 5.75 Å². The molecule has 1 amide bonds. The van der Waals surface area contributed by atoms with Crippen LogP contribution in [0.1, 0.15) is 21.7 Å². The zero-order chi connectivity index (χ0) is 15.6. The third kappa shape index (κ3) is 2.83. The molecule has 0 atom stereocenters. The predicted octanol–water partition coefficient (Wildman–Crippen LogP) is 2.66. The molecule has 0 spiro atoms. The zero-order valence-corrected chi connectivity index (χ0v) is 12.9. The number of carbonyl (C=O) groups excluding carboxylic acids is 1. The monoisotopic (exact) mass is 327 g/mol. The van der Waals surface area contributed by atoms with Gasteiger partial charge in [-0.05, 0) is 41.6 Å². The number of hydrogen-bond donors (Lipinski definition) is 1. The van der Waals surface area contributed by atoms with E-state index in [1.807, 2.05) is 23.6 Å². The molecule has 0 saturated heterocycles. The van der Waals surface area contributed by atoms with E-state index < -0.39 is 0 Å². The van der Waals surface area contributed by atoms with Gasteiger partial charge >= 0.3 is 0 Å². The van der Waals surface area contributed by atoms with Crippen molar-refractivity contribution >= 4 is 17.2 Å². The quantitative estimate of drug-likeness (QED) is 0.797. The predicted molar refractivity (Wildman–Crippen MR) is 84.4 cm³/mol. The van der Waals surface area contributed by atoms with E-state index in [1.165, 1.54) is 0 Å². The lowest BCUT2D eigenvalue weighted by Crippen LogP contribution is -2.31. The van der Waals surface area contributed by atoms with Crippen molar-refractivity contribution in [3.05, 3.63) is 52.7 Å². The Labute approximate surface area is 136 Å². The van der Waals surface area contributed by atoms with Gasteiger partial charge in [-0.2, -0.15) is 4.98 Å². The summed E-state index contributed by atoms with van der Waals surface area (Å²) >= 11 is 1.54. The topological polar surface area (TPSA) is 77.2 Å². The highest BCUT2D eigenvalue weighted by molar-refractivity contribution is 7.13. The Morgan fingerprint density at radius 2 is 2.30 bits per heavy atom. The van der Waals surface area contributed by atoms with Gasteiger partial charge in [0.25, 0.3) is 11.8 Å². The van der Waals surface area contributed by atoms with Crippen LogP contribution in [0.5, 0.6) is 5.75 Å². The maximum Gasteiger partial charge on any atom is 0.268 e. The van der Waals surface area contributed by atoms with Crippen molar-refractivity contribution in [2.45, 2.75) is 13.0 Å². The Balaban J connectivity index is 1.46. The number of benzene rings is 1. The Bertz CT molecular complexity index is 842. The molecular formula is C16H13N3O3S. The number of aromatic nitrogens is 2. The Morgan fingerprint density at radius 1 is 1.35 bits per heavy atom. The molecule has 0 saturated carbocycles. The largest absolute Gasteiger partial charge is 0.485 e. The van der Waals surface area contributed by atoms with Crippen LogP contribution in [-0.4, -0.2) is 22.6 Å². The summed E-state index contributed by atoms with van der Waals surface area (Å²) in [7, 11) is 0. The summed E-state index contributed by atoms with van der Waals surface area (Å²) in [6, 6.07) is 9.33. The molecule has 0 aliphatic carbocycles. The third-order valence-corrected chi connectivity index (χ3v) is 4.43. The molecule has 116 valence electrons. The first-order valence-electron chi connectivity index (χ1n) is 7.20. The summed E-state index contributed by atoms with van der Waals surface area (Å²) in [5, 5.41) is 8.70. The van der Waals surface area contributed by atoms with E-state index in [-0.39, 0.29) is 12.5 Å². The first-order valence-corrected chi connectivity index (χ1v) is 8.08. The fraction of sp³-hybridized carbons (Fsp3) is 0.188. The van der Waals surface area contributed by atoms with Crippen molar-refractivity contribution in [3.8, 4) is 16.5 Å². The highest BCUT2D eigenvalue weighted by Gasteiger charge is 2.17. The summed E-state index contributed by atoms with van der Waals surface area (Å²) < 4.78 is 10.9. The number of nitrogens with zero attached hydrogens (tertiary/aromatic N) is 2. The number of fused-ring (bicyclic) bond motifs is 1. The first-order chi connectivity index (χ1) is 11.3. The van der Waals surface area contributed by atoms with Gasteiger partial charge in [-0.1, -0.05) is 11.2 Å². The zero-order valence-electron chi connectivity index (χ0n) is 12.1. The maximum absolute atomic E-state index is 11.7. The second-order valence-electron chi connectivity index (χ2n) is 5.11. The fourth-order valence-electron chi connectivity index (χ4n) is 2.45. The van der Waals surface area contributed by atoms with Crippen LogP contribution in [0.15, 0.2) is 40.2 Å². The maximum atomic E-state index is 11.7. The number of rotatable bonds is 4. The summed E-state index contributed by atoms with van der Waals surface area (Å²) in [4.78, 5) is 17.0. The van der Waals surface area contributed by atoms with Crippen LogP contribution in [0.2, 0.25) is 0 Å². The van der Waals surface area contributed by atoms with E-state index in [0.29, 0.717) is 29.6 Å². The molecule has 1 N–H and O–H groups in total. The molecule has 4 rings (SSSR count). The van der Waals surface area contributed by atoms with E-state index in [4.69, 9.17) is 9.26 Å². The minimum absolute atomic E-state index is 0.0310. The molecule has 3 heterocycles. The van der Waals surface area contributed by atoms with E-state index in [2.05, 4.69) is 15.5 Å². The number of hydrogen-bond acceptors (Lipinski definition) is 6. The molecule has 0 bridgehead atoms. The van der Waals surface area contributed by atoms with E-state index in [0.717, 1.165) is 16.9 Å². The standard InChI is InChI=1S/C16H13N3O3S/c20-15-12-4-3-11(8-10(12)5-6-17-15)21-9-14-18-16(22-19-14)13-2-1-7-23-13/h1-4,7-8H,5-6,9H2,(H,17,20). The molecule has 0 fully saturated rings. The van der Waals surface area contributed by atoms with Crippen LogP contribution in [0.4, 0.5) is 0 Å². The lowest BCUT2D eigenvalue weighted by Gasteiger charge is -2.17. The average molecular weight is 327 g/mol. The molecule has 1 aliphatic rings. The van der Waals surface area contributed by atoms with Gasteiger partial charge in [-0.25, -0.2) is 0 Å². The van der Waals surface area contributed by atoms with Gasteiger partial charge in [0.05, 0.1) is 4.88 Å². The molecule has 7 heteroatoms. The van der Waals surface area contributed by atoms with Crippen molar-refractivity contribution in [2.24, 2.45) is 0 Å². The molecule has 6 nitrogen and oxygen atoms in total. The van der Waals surface area contributed by atoms with Crippen molar-refractivity contribution < 1.29 is 14.1 Å². The van der Waals surface area contributed by atoms with Gasteiger partial charge in [0.15, 0.2) is 6.61 Å². The second kappa shape index (κ2) is 5.85. The van der Waals surface area contributed by atoms with E-state index in [1.54, 1.807) is 23.5 Å². The van der Waals surface area contributed by atoms with Gasteiger partial charge in [0.2, 0.25) is 5.82 Å². The van der Waals surface area contributed by atoms with Gasteiger partial charge in [-0.3, -0.25) is 4.79 Å². The Kier molecular flexibility index (Phi) is 3.55. The molecule has 0 unspecified atom stereocenters. The van der Waals surface area contributed by atoms with Crippen LogP contribution in [0, 0.1) is 0 Å². The summed E-state index contributed by atoms with van der Waals surface area (Å²) in [5.74, 6) is 1.65. The molecule has 3 aromatic rings. The number of nitrogens with one attached hydrogen (secondary N) is 1. The normalized spacial score (nSPS) is 13.5. The SMILES string of the molecule is O=C1NCCc2cc(OCc3noc(-c4cccs4)n3)ccc21. The van der Waals surface area contributed by atoms with E-state index >= 15 is 0 Å². The number of amides is 1. The molecule has 1 aliphatic heterocycles. The van der Waals surface area contributed by atoms with Gasteiger partial charge in [-0.15, -0.1) is 11.3 Å². The number of thiophene rings is 1. The highest BCUT2D eigenvalue weighted by Crippen LogP contribution is 2.24. The summed E-state index contributed by atoms with van der Waals surface area (Å²) in [6.45, 7) is 0.879. The number of ether oxygens (including phenoxy) is 1. The van der Waals surface area contributed by atoms with Crippen LogP contribution in [-0.2, 0) is 13.0 Å². The molecule has 0 radical (unpaired) electrons. The Morgan fingerprint density at radius 3 is 3.17 bits per heavy atom. The van der Waals surface area contributed by atoms with Crippen molar-refractivity contribution in [1.82, 2.24) is 15.5 Å². The molecule has 23 heavy (non-hydrogen) atoms. The lowest BCUT2D eigenvalue weighted by atomic mass is 10.0. The van der Waals surface area contributed by atoms with E-state index in [9.17, 15) is 4.79 Å². The van der Waals surface area contributed by atoms with Crippen LogP contribution in [0.25, 0.3) is 10.8 Å². The Hall–Kier alpha value is -2.67. The van der Waals surface area contributed by atoms with Crippen molar-refractivity contribution in [3.63, 3.8) is 0 Å². The third-order valence-electron chi connectivity index (χ3n) is 3.57. The highest BCUT2D eigenvalue weighted by atomic mass is 32.1. The fourth-order valence-corrected chi connectivity index (χ4v) is 3.10. The minimum Gasteiger partial charge on any atom is -0.485 e. The first kappa shape index (κ1) is 14.0. The smallest absolute Gasteiger partial charge is 0.268 e. The van der Waals surface area contributed by atoms with Crippen LogP contribution in [0.3, 0.4) is 0 Å². The van der Waals surface area contributed by atoms with Gasteiger partial charge < -0.3 is 14.6 Å². The minimum atomic E-state index is -0.0310. The summed E-state index contributed by atoms with van der Waals surface area (Å²) in [6.07, 6.45) is 0.809. The molecule has 1 aromatic carbocycles. The van der Waals surface area contributed by atoms with Crippen LogP contribution < -0.4 is 10.1 Å². The van der Waals surface area contributed by atoms with Crippen molar-refractivity contribution in [1.29, 1.82) is 0 Å². The molecule has 2 aromatic heterocycles. The molecular weight excluding hydrogens is 314 g/mol. The summed E-state index contributed by atoms with van der Waals surface area (Å²) in [5.41, 5.74) is 1.71.